The second kappa shape index (κ2) is 6.58. The fourth-order valence-corrected chi connectivity index (χ4v) is 7.13. The van der Waals surface area contributed by atoms with Crippen molar-refractivity contribution in [2.75, 3.05) is 26.2 Å². The maximum absolute atomic E-state index is 13.0. The fraction of sp³-hybridized carbons (Fsp3) is 0.720. The van der Waals surface area contributed by atoms with Gasteiger partial charge in [-0.3, -0.25) is 9.69 Å². The molecule has 4 aliphatic carbocycles. The van der Waals surface area contributed by atoms with Gasteiger partial charge in [0.2, 0.25) is 0 Å². The van der Waals surface area contributed by atoms with Crippen molar-refractivity contribution < 1.29 is 4.79 Å². The first-order chi connectivity index (χ1) is 13.3. The van der Waals surface area contributed by atoms with Crippen LogP contribution in [-0.4, -0.2) is 47.4 Å². The molecule has 0 spiro atoms. The number of rotatable bonds is 2. The monoisotopic (exact) mass is 380 g/mol. The van der Waals surface area contributed by atoms with E-state index in [1.54, 1.807) is 0 Å². The Morgan fingerprint density at radius 1 is 0.857 bits per heavy atom. The standard InChI is InChI=1S/C25H36N2O/c1-24(2,3)22-6-4-21(5-7-22)23(28)26-8-10-27(11-9-26)25-15-18-12-19(16-25)14-20(13-18)17-25/h4-7,18-20H,8-17H2,1-3H3. The number of carbonyl (C=O) groups excluding carboxylic acids is 1. The van der Waals surface area contributed by atoms with Crippen LogP contribution in [0.2, 0.25) is 0 Å². The minimum atomic E-state index is 0.130. The molecule has 4 saturated carbocycles. The van der Waals surface area contributed by atoms with Gasteiger partial charge in [0.1, 0.15) is 0 Å². The third-order valence-corrected chi connectivity index (χ3v) is 8.24. The summed E-state index contributed by atoms with van der Waals surface area (Å²) in [6.07, 6.45) is 8.80. The molecular weight excluding hydrogens is 344 g/mol. The highest BCUT2D eigenvalue weighted by atomic mass is 16.2. The Balaban J connectivity index is 1.23. The number of benzene rings is 1. The topological polar surface area (TPSA) is 23.6 Å². The Labute approximate surface area is 170 Å². The quantitative estimate of drug-likeness (QED) is 0.742. The summed E-state index contributed by atoms with van der Waals surface area (Å²) < 4.78 is 0. The molecule has 152 valence electrons. The molecule has 1 aliphatic heterocycles. The second-order valence-electron chi connectivity index (χ2n) is 11.2. The molecule has 0 radical (unpaired) electrons. The SMILES string of the molecule is CC(C)(C)c1ccc(C(=O)N2CCN(C34CC5CC(CC(C5)C3)C4)CC2)cc1. The Kier molecular flexibility index (Phi) is 4.39. The van der Waals surface area contributed by atoms with Crippen LogP contribution in [0.3, 0.4) is 0 Å². The van der Waals surface area contributed by atoms with E-state index in [2.05, 4.69) is 42.7 Å². The van der Waals surface area contributed by atoms with E-state index >= 15 is 0 Å². The first kappa shape index (κ1) is 18.7. The molecule has 1 aromatic rings. The van der Waals surface area contributed by atoms with Gasteiger partial charge in [-0.2, -0.15) is 0 Å². The lowest BCUT2D eigenvalue weighted by molar-refractivity contribution is -0.0987. The van der Waals surface area contributed by atoms with Gasteiger partial charge < -0.3 is 4.90 Å². The summed E-state index contributed by atoms with van der Waals surface area (Å²) in [7, 11) is 0. The first-order valence-electron chi connectivity index (χ1n) is 11.5. The van der Waals surface area contributed by atoms with E-state index in [9.17, 15) is 4.79 Å². The van der Waals surface area contributed by atoms with Gasteiger partial charge in [-0.15, -0.1) is 0 Å². The maximum atomic E-state index is 13.0. The number of nitrogens with zero attached hydrogens (tertiary/aromatic N) is 2. The van der Waals surface area contributed by atoms with E-state index in [1.165, 1.54) is 44.1 Å². The Hall–Kier alpha value is -1.35. The smallest absolute Gasteiger partial charge is 0.253 e. The van der Waals surface area contributed by atoms with Crippen molar-refractivity contribution in [3.63, 3.8) is 0 Å². The van der Waals surface area contributed by atoms with Crippen LogP contribution in [-0.2, 0) is 5.41 Å². The molecule has 1 saturated heterocycles. The Morgan fingerprint density at radius 2 is 1.36 bits per heavy atom. The third kappa shape index (κ3) is 3.20. The van der Waals surface area contributed by atoms with Gasteiger partial charge in [0.15, 0.2) is 0 Å². The average Bonchev–Trinajstić information content (AvgIpc) is 2.66. The van der Waals surface area contributed by atoms with Crippen LogP contribution in [0.4, 0.5) is 0 Å². The van der Waals surface area contributed by atoms with Crippen LogP contribution in [0.15, 0.2) is 24.3 Å². The summed E-state index contributed by atoms with van der Waals surface area (Å²) in [5.41, 5.74) is 2.75. The van der Waals surface area contributed by atoms with Crippen molar-refractivity contribution in [3.05, 3.63) is 35.4 Å². The van der Waals surface area contributed by atoms with E-state index in [0.717, 1.165) is 49.5 Å². The molecule has 3 nitrogen and oxygen atoms in total. The van der Waals surface area contributed by atoms with Gasteiger partial charge in [-0.1, -0.05) is 32.9 Å². The largest absolute Gasteiger partial charge is 0.336 e. The van der Waals surface area contributed by atoms with Gasteiger partial charge in [0, 0.05) is 37.3 Å². The van der Waals surface area contributed by atoms with Crippen LogP contribution < -0.4 is 0 Å². The van der Waals surface area contributed by atoms with Crippen molar-refractivity contribution in [1.82, 2.24) is 9.80 Å². The van der Waals surface area contributed by atoms with Crippen molar-refractivity contribution in [2.45, 2.75) is 70.3 Å². The molecule has 0 N–H and O–H groups in total. The molecule has 4 bridgehead atoms. The zero-order valence-corrected chi connectivity index (χ0v) is 17.9. The molecule has 1 amide bonds. The highest BCUT2D eigenvalue weighted by Gasteiger charge is 2.53. The minimum Gasteiger partial charge on any atom is -0.336 e. The van der Waals surface area contributed by atoms with Gasteiger partial charge in [-0.25, -0.2) is 0 Å². The van der Waals surface area contributed by atoms with Gasteiger partial charge in [-0.05, 0) is 79.4 Å². The lowest BCUT2D eigenvalue weighted by Crippen LogP contribution is -2.64. The molecule has 0 aromatic heterocycles. The van der Waals surface area contributed by atoms with Crippen molar-refractivity contribution >= 4 is 5.91 Å². The second-order valence-corrected chi connectivity index (χ2v) is 11.2. The first-order valence-corrected chi connectivity index (χ1v) is 11.5. The molecular formula is C25H36N2O. The van der Waals surface area contributed by atoms with Crippen LogP contribution in [0.1, 0.15) is 75.2 Å². The lowest BCUT2D eigenvalue weighted by atomic mass is 9.52. The highest BCUT2D eigenvalue weighted by Crippen LogP contribution is 2.57. The Bertz CT molecular complexity index is 702. The summed E-state index contributed by atoms with van der Waals surface area (Å²) >= 11 is 0. The van der Waals surface area contributed by atoms with Crippen molar-refractivity contribution in [2.24, 2.45) is 17.8 Å². The van der Waals surface area contributed by atoms with Gasteiger partial charge >= 0.3 is 0 Å². The van der Waals surface area contributed by atoms with E-state index in [1.807, 2.05) is 12.1 Å². The Morgan fingerprint density at radius 3 is 1.82 bits per heavy atom. The van der Waals surface area contributed by atoms with Crippen molar-refractivity contribution in [3.8, 4) is 0 Å². The molecule has 6 rings (SSSR count). The highest BCUT2D eigenvalue weighted by molar-refractivity contribution is 5.94. The van der Waals surface area contributed by atoms with E-state index < -0.39 is 0 Å². The average molecular weight is 381 g/mol. The molecule has 5 fully saturated rings. The van der Waals surface area contributed by atoms with E-state index in [0.29, 0.717) is 5.54 Å². The van der Waals surface area contributed by atoms with E-state index in [4.69, 9.17) is 0 Å². The number of hydrogen-bond acceptors (Lipinski definition) is 2. The van der Waals surface area contributed by atoms with Crippen LogP contribution in [0, 0.1) is 17.8 Å². The van der Waals surface area contributed by atoms with Crippen LogP contribution >= 0.6 is 0 Å². The number of hydrogen-bond donors (Lipinski definition) is 0. The fourth-order valence-electron chi connectivity index (χ4n) is 7.13. The molecule has 28 heavy (non-hydrogen) atoms. The normalized spacial score (nSPS) is 35.4. The van der Waals surface area contributed by atoms with E-state index in [-0.39, 0.29) is 11.3 Å². The van der Waals surface area contributed by atoms with Gasteiger partial charge in [0.05, 0.1) is 0 Å². The van der Waals surface area contributed by atoms with Crippen LogP contribution in [0.25, 0.3) is 0 Å². The molecule has 5 aliphatic rings. The van der Waals surface area contributed by atoms with Crippen molar-refractivity contribution in [1.29, 1.82) is 0 Å². The molecule has 3 heteroatoms. The third-order valence-electron chi connectivity index (χ3n) is 8.24. The number of piperazine rings is 1. The molecule has 0 atom stereocenters. The summed E-state index contributed by atoms with van der Waals surface area (Å²) in [5, 5.41) is 0. The minimum absolute atomic E-state index is 0.130. The number of amides is 1. The summed E-state index contributed by atoms with van der Waals surface area (Å²) in [4.78, 5) is 17.9. The zero-order chi connectivity index (χ0) is 19.5. The summed E-state index contributed by atoms with van der Waals surface area (Å²) in [6, 6.07) is 8.29. The number of carbonyl (C=O) groups is 1. The zero-order valence-electron chi connectivity index (χ0n) is 17.9. The summed E-state index contributed by atoms with van der Waals surface area (Å²) in [6.45, 7) is 10.6. The summed E-state index contributed by atoms with van der Waals surface area (Å²) in [5.74, 6) is 3.19. The van der Waals surface area contributed by atoms with Crippen LogP contribution in [0.5, 0.6) is 0 Å². The predicted octanol–water partition coefficient (Wildman–Crippen LogP) is 4.71. The lowest BCUT2D eigenvalue weighted by Gasteiger charge is -2.61. The molecule has 0 unspecified atom stereocenters. The van der Waals surface area contributed by atoms with Gasteiger partial charge in [0.25, 0.3) is 5.91 Å². The maximum Gasteiger partial charge on any atom is 0.253 e. The molecule has 1 aromatic carbocycles. The predicted molar refractivity (Wildman–Crippen MR) is 114 cm³/mol. The molecule has 1 heterocycles.